The van der Waals surface area contributed by atoms with Gasteiger partial charge in [0.05, 0.1) is 11.5 Å². The topological polar surface area (TPSA) is 40.5 Å². The third-order valence-corrected chi connectivity index (χ3v) is 3.67. The van der Waals surface area contributed by atoms with Crippen LogP contribution in [0, 0.1) is 12.8 Å². The van der Waals surface area contributed by atoms with Gasteiger partial charge in [0.15, 0.2) is 0 Å². The van der Waals surface area contributed by atoms with Crippen LogP contribution in [0.5, 0.6) is 0 Å². The van der Waals surface area contributed by atoms with Crippen molar-refractivity contribution in [1.82, 2.24) is 0 Å². The summed E-state index contributed by atoms with van der Waals surface area (Å²) in [4.78, 5) is 12.6. The van der Waals surface area contributed by atoms with Gasteiger partial charge in [0.1, 0.15) is 0 Å². The summed E-state index contributed by atoms with van der Waals surface area (Å²) >= 11 is 0. The molecule has 1 aromatic rings. The molecule has 2 rings (SSSR count). The number of piperidine rings is 1. The van der Waals surface area contributed by atoms with Crippen molar-refractivity contribution in [3.63, 3.8) is 0 Å². The lowest BCUT2D eigenvalue weighted by atomic mass is 9.96. The lowest BCUT2D eigenvalue weighted by molar-refractivity contribution is -0.176. The van der Waals surface area contributed by atoms with Crippen LogP contribution in [-0.4, -0.2) is 30.3 Å². The summed E-state index contributed by atoms with van der Waals surface area (Å²) in [6.07, 6.45) is -3.52. The van der Waals surface area contributed by atoms with E-state index in [1.165, 1.54) is 12.1 Å². The van der Waals surface area contributed by atoms with E-state index in [2.05, 4.69) is 0 Å². The first kappa shape index (κ1) is 14.7. The monoisotopic (exact) mass is 287 g/mol. The molecule has 20 heavy (non-hydrogen) atoms. The molecule has 1 saturated heterocycles. The van der Waals surface area contributed by atoms with E-state index in [0.29, 0.717) is 24.2 Å². The number of carbonyl (C=O) groups is 1. The summed E-state index contributed by atoms with van der Waals surface area (Å²) in [6, 6.07) is 4.52. The normalized spacial score (nSPS) is 20.0. The number of anilines is 1. The van der Waals surface area contributed by atoms with Crippen molar-refractivity contribution in [3.05, 3.63) is 29.3 Å². The highest BCUT2D eigenvalue weighted by Gasteiger charge is 2.41. The van der Waals surface area contributed by atoms with Gasteiger partial charge in [-0.05, 0) is 43.5 Å². The molecule has 0 bridgehead atoms. The summed E-state index contributed by atoms with van der Waals surface area (Å²) in [6.45, 7) is 2.23. The molecule has 1 heterocycles. The molecule has 0 aliphatic carbocycles. The van der Waals surface area contributed by atoms with Gasteiger partial charge in [0, 0.05) is 18.8 Å². The summed E-state index contributed by atoms with van der Waals surface area (Å²) in [5.41, 5.74) is 1.52. The zero-order chi connectivity index (χ0) is 14.9. The second-order valence-corrected chi connectivity index (χ2v) is 5.13. The van der Waals surface area contributed by atoms with E-state index < -0.39 is 18.1 Å². The molecule has 0 amide bonds. The predicted octanol–water partition coefficient (Wildman–Crippen LogP) is 3.47. The van der Waals surface area contributed by atoms with Gasteiger partial charge in [-0.1, -0.05) is 0 Å². The summed E-state index contributed by atoms with van der Waals surface area (Å²) in [5.74, 6) is -2.35. The zero-order valence-corrected chi connectivity index (χ0v) is 11.1. The van der Waals surface area contributed by atoms with Crippen molar-refractivity contribution < 1.29 is 23.1 Å². The summed E-state index contributed by atoms with van der Waals surface area (Å²) in [7, 11) is 0. The quantitative estimate of drug-likeness (QED) is 0.905. The Morgan fingerprint density at radius 3 is 2.65 bits per heavy atom. The first-order valence-corrected chi connectivity index (χ1v) is 6.44. The molecule has 1 aliphatic rings. The average Bonchev–Trinajstić information content (AvgIpc) is 2.37. The number of rotatable bonds is 2. The van der Waals surface area contributed by atoms with Gasteiger partial charge < -0.3 is 10.0 Å². The molecule has 1 N–H and O–H groups in total. The molecule has 1 atom stereocenters. The van der Waals surface area contributed by atoms with Crippen LogP contribution in [0.3, 0.4) is 0 Å². The van der Waals surface area contributed by atoms with Crippen molar-refractivity contribution in [3.8, 4) is 0 Å². The van der Waals surface area contributed by atoms with Gasteiger partial charge in [-0.15, -0.1) is 0 Å². The minimum atomic E-state index is -4.17. The Balaban J connectivity index is 2.21. The van der Waals surface area contributed by atoms with Crippen LogP contribution >= 0.6 is 0 Å². The van der Waals surface area contributed by atoms with Crippen LogP contribution in [0.15, 0.2) is 18.2 Å². The molecule has 0 radical (unpaired) electrons. The van der Waals surface area contributed by atoms with Gasteiger partial charge in [0.2, 0.25) is 0 Å². The predicted molar refractivity (Wildman–Crippen MR) is 69.1 cm³/mol. The molecule has 0 spiro atoms. The second-order valence-electron chi connectivity index (χ2n) is 5.13. The Bertz CT molecular complexity index is 514. The van der Waals surface area contributed by atoms with Gasteiger partial charge in [-0.3, -0.25) is 0 Å². The third-order valence-electron chi connectivity index (χ3n) is 3.67. The van der Waals surface area contributed by atoms with E-state index in [9.17, 15) is 18.0 Å². The molecule has 6 heteroatoms. The number of benzene rings is 1. The molecule has 1 fully saturated rings. The first-order valence-electron chi connectivity index (χ1n) is 6.44. The average molecular weight is 287 g/mol. The van der Waals surface area contributed by atoms with Gasteiger partial charge in [-0.25, -0.2) is 4.79 Å². The van der Waals surface area contributed by atoms with Gasteiger partial charge in [-0.2, -0.15) is 13.2 Å². The molecular formula is C14H16F3NO2. The van der Waals surface area contributed by atoms with Crippen LogP contribution in [0.2, 0.25) is 0 Å². The van der Waals surface area contributed by atoms with E-state index in [1.807, 2.05) is 0 Å². The van der Waals surface area contributed by atoms with Crippen molar-refractivity contribution >= 4 is 11.7 Å². The molecule has 1 unspecified atom stereocenters. The number of hydrogen-bond donors (Lipinski definition) is 1. The number of halogens is 3. The zero-order valence-electron chi connectivity index (χ0n) is 11.1. The Hall–Kier alpha value is -1.72. The third kappa shape index (κ3) is 3.05. The van der Waals surface area contributed by atoms with E-state index in [-0.39, 0.29) is 18.5 Å². The highest BCUT2D eigenvalue weighted by molar-refractivity contribution is 5.88. The van der Waals surface area contributed by atoms with E-state index >= 15 is 0 Å². The Kier molecular flexibility index (Phi) is 3.92. The van der Waals surface area contributed by atoms with E-state index in [1.54, 1.807) is 17.9 Å². The number of carboxylic acids is 1. The molecule has 3 nitrogen and oxygen atoms in total. The van der Waals surface area contributed by atoms with Crippen molar-refractivity contribution in [2.45, 2.75) is 25.9 Å². The number of carboxylic acid groups (broad SMARTS) is 1. The van der Waals surface area contributed by atoms with Crippen LogP contribution < -0.4 is 4.90 Å². The Morgan fingerprint density at radius 1 is 1.40 bits per heavy atom. The maximum atomic E-state index is 12.8. The Labute approximate surface area is 115 Å². The van der Waals surface area contributed by atoms with Crippen LogP contribution in [0.4, 0.5) is 18.9 Å². The lowest BCUT2D eigenvalue weighted by Gasteiger charge is -2.36. The molecule has 0 aromatic heterocycles. The SMILES string of the molecule is Cc1cc(C(=O)O)ccc1N1CCCC(C(F)(F)F)C1. The van der Waals surface area contributed by atoms with Crippen molar-refractivity contribution in [2.24, 2.45) is 5.92 Å². The summed E-state index contributed by atoms with van der Waals surface area (Å²) in [5, 5.41) is 8.90. The lowest BCUT2D eigenvalue weighted by Crippen LogP contribution is -2.42. The summed E-state index contributed by atoms with van der Waals surface area (Å²) < 4.78 is 38.4. The number of hydrogen-bond acceptors (Lipinski definition) is 2. The second kappa shape index (κ2) is 5.34. The highest BCUT2D eigenvalue weighted by Crippen LogP contribution is 2.35. The van der Waals surface area contributed by atoms with Crippen molar-refractivity contribution in [2.75, 3.05) is 18.0 Å². The fourth-order valence-electron chi connectivity index (χ4n) is 2.61. The van der Waals surface area contributed by atoms with Crippen LogP contribution in [0.1, 0.15) is 28.8 Å². The molecule has 1 aliphatic heterocycles. The molecule has 1 aromatic carbocycles. The van der Waals surface area contributed by atoms with Crippen LogP contribution in [-0.2, 0) is 0 Å². The molecule has 110 valence electrons. The first-order chi connectivity index (χ1) is 9.29. The number of aryl methyl sites for hydroxylation is 1. The fourth-order valence-corrected chi connectivity index (χ4v) is 2.61. The minimum absolute atomic E-state index is 0.0588. The fraction of sp³-hybridized carbons (Fsp3) is 0.500. The standard InChI is InChI=1S/C14H16F3NO2/c1-9-7-10(13(19)20)4-5-12(9)18-6-2-3-11(8-18)14(15,16)17/h4-5,7,11H,2-3,6,8H2,1H3,(H,19,20). The van der Waals surface area contributed by atoms with E-state index in [0.717, 1.165) is 0 Å². The maximum Gasteiger partial charge on any atom is 0.393 e. The number of alkyl halides is 3. The Morgan fingerprint density at radius 2 is 2.10 bits per heavy atom. The molecular weight excluding hydrogens is 271 g/mol. The van der Waals surface area contributed by atoms with Crippen molar-refractivity contribution in [1.29, 1.82) is 0 Å². The van der Waals surface area contributed by atoms with Crippen LogP contribution in [0.25, 0.3) is 0 Å². The van der Waals surface area contributed by atoms with Gasteiger partial charge >= 0.3 is 12.1 Å². The highest BCUT2D eigenvalue weighted by atomic mass is 19.4. The largest absolute Gasteiger partial charge is 0.478 e. The smallest absolute Gasteiger partial charge is 0.393 e. The maximum absolute atomic E-state index is 12.8. The molecule has 0 saturated carbocycles. The van der Waals surface area contributed by atoms with Gasteiger partial charge in [0.25, 0.3) is 0 Å². The van der Waals surface area contributed by atoms with E-state index in [4.69, 9.17) is 5.11 Å². The number of aromatic carboxylic acids is 1. The minimum Gasteiger partial charge on any atom is -0.478 e. The number of nitrogens with zero attached hydrogens (tertiary/aromatic N) is 1.